The van der Waals surface area contributed by atoms with Crippen LogP contribution in [0.2, 0.25) is 0 Å². The molecule has 3 aromatic carbocycles. The van der Waals surface area contributed by atoms with Gasteiger partial charge in [-0.2, -0.15) is 0 Å². The van der Waals surface area contributed by atoms with Crippen LogP contribution in [0.4, 0.5) is 0 Å². The van der Waals surface area contributed by atoms with E-state index in [2.05, 4.69) is 40.8 Å². The number of ether oxygens (including phenoxy) is 3. The predicted octanol–water partition coefficient (Wildman–Crippen LogP) is 6.78. The molecule has 0 amide bonds. The third-order valence-corrected chi connectivity index (χ3v) is 7.00. The number of carbonyl (C=O) groups is 1. The van der Waals surface area contributed by atoms with Gasteiger partial charge >= 0.3 is 5.97 Å². The van der Waals surface area contributed by atoms with Crippen LogP contribution in [0, 0.1) is 3.57 Å². The number of thioether (sulfide) groups is 1. The lowest BCUT2D eigenvalue weighted by molar-refractivity contribution is -0.139. The molecule has 0 bridgehead atoms. The SMILES string of the molecule is CCOc1ccccc1C(=CCSc1ccc(OCC(=O)O)cc1I)c1ccccc1OCC. The second-order valence-corrected chi connectivity index (χ2v) is 9.29. The van der Waals surface area contributed by atoms with Gasteiger partial charge in [-0.05, 0) is 72.3 Å². The van der Waals surface area contributed by atoms with E-state index >= 15 is 0 Å². The lowest BCUT2D eigenvalue weighted by Gasteiger charge is -2.17. The molecule has 34 heavy (non-hydrogen) atoms. The summed E-state index contributed by atoms with van der Waals surface area (Å²) < 4.78 is 18.1. The predicted molar refractivity (Wildman–Crippen MR) is 145 cm³/mol. The molecule has 0 radical (unpaired) electrons. The van der Waals surface area contributed by atoms with Gasteiger partial charge in [-0.1, -0.05) is 42.5 Å². The van der Waals surface area contributed by atoms with E-state index in [9.17, 15) is 4.79 Å². The van der Waals surface area contributed by atoms with Gasteiger partial charge in [-0.15, -0.1) is 11.8 Å². The van der Waals surface area contributed by atoms with E-state index in [-0.39, 0.29) is 6.61 Å². The third kappa shape index (κ3) is 7.17. The van der Waals surface area contributed by atoms with Crippen LogP contribution < -0.4 is 14.2 Å². The first-order valence-electron chi connectivity index (χ1n) is 10.9. The van der Waals surface area contributed by atoms with Gasteiger partial charge in [-0.3, -0.25) is 0 Å². The minimum atomic E-state index is -0.995. The van der Waals surface area contributed by atoms with Crippen LogP contribution in [0.1, 0.15) is 25.0 Å². The van der Waals surface area contributed by atoms with E-state index in [4.69, 9.17) is 19.3 Å². The zero-order valence-corrected chi connectivity index (χ0v) is 22.1. The van der Waals surface area contributed by atoms with Crippen molar-refractivity contribution in [1.82, 2.24) is 0 Å². The molecule has 0 saturated carbocycles. The highest BCUT2D eigenvalue weighted by atomic mass is 127. The number of carboxylic acid groups (broad SMARTS) is 1. The highest BCUT2D eigenvalue weighted by Gasteiger charge is 2.15. The number of aliphatic carboxylic acids is 1. The van der Waals surface area contributed by atoms with Gasteiger partial charge < -0.3 is 19.3 Å². The lowest BCUT2D eigenvalue weighted by atomic mass is 9.96. The summed E-state index contributed by atoms with van der Waals surface area (Å²) in [6.07, 6.45) is 2.20. The number of hydrogen-bond acceptors (Lipinski definition) is 5. The number of halogens is 1. The molecule has 0 spiro atoms. The van der Waals surface area contributed by atoms with Crippen LogP contribution in [-0.2, 0) is 4.79 Å². The van der Waals surface area contributed by atoms with Crippen molar-refractivity contribution in [2.24, 2.45) is 0 Å². The highest BCUT2D eigenvalue weighted by molar-refractivity contribution is 14.1. The molecule has 0 saturated heterocycles. The molecule has 3 rings (SSSR count). The molecule has 178 valence electrons. The van der Waals surface area contributed by atoms with Crippen molar-refractivity contribution < 1.29 is 24.1 Å². The average molecular weight is 590 g/mol. The van der Waals surface area contributed by atoms with Gasteiger partial charge in [0.15, 0.2) is 6.61 Å². The van der Waals surface area contributed by atoms with Crippen LogP contribution in [-0.4, -0.2) is 36.6 Å². The number of carboxylic acids is 1. The third-order valence-electron chi connectivity index (χ3n) is 4.75. The second-order valence-electron chi connectivity index (χ2n) is 7.06. The Morgan fingerprint density at radius 2 is 1.50 bits per heavy atom. The van der Waals surface area contributed by atoms with Crippen LogP contribution in [0.15, 0.2) is 77.7 Å². The van der Waals surface area contributed by atoms with Crippen molar-refractivity contribution in [3.63, 3.8) is 0 Å². The van der Waals surface area contributed by atoms with Gasteiger partial charge in [0, 0.05) is 25.3 Å². The summed E-state index contributed by atoms with van der Waals surface area (Å²) in [5, 5.41) is 8.81. The van der Waals surface area contributed by atoms with E-state index in [0.717, 1.165) is 42.4 Å². The molecule has 0 aliphatic rings. The van der Waals surface area contributed by atoms with Gasteiger partial charge in [0.2, 0.25) is 0 Å². The maximum absolute atomic E-state index is 10.7. The molecule has 5 nitrogen and oxygen atoms in total. The maximum atomic E-state index is 10.7. The minimum Gasteiger partial charge on any atom is -0.493 e. The first-order chi connectivity index (χ1) is 16.5. The van der Waals surface area contributed by atoms with Gasteiger partial charge in [0.1, 0.15) is 17.2 Å². The van der Waals surface area contributed by atoms with Gasteiger partial charge in [-0.25, -0.2) is 4.79 Å². The van der Waals surface area contributed by atoms with Crippen molar-refractivity contribution in [2.45, 2.75) is 18.7 Å². The van der Waals surface area contributed by atoms with Crippen LogP contribution in [0.5, 0.6) is 17.2 Å². The maximum Gasteiger partial charge on any atom is 0.341 e. The van der Waals surface area contributed by atoms with Crippen LogP contribution in [0.25, 0.3) is 5.57 Å². The van der Waals surface area contributed by atoms with E-state index in [1.54, 1.807) is 17.8 Å². The fraction of sp³-hybridized carbons (Fsp3) is 0.222. The first-order valence-corrected chi connectivity index (χ1v) is 13.0. The topological polar surface area (TPSA) is 65.0 Å². The normalized spacial score (nSPS) is 10.4. The van der Waals surface area contributed by atoms with E-state index < -0.39 is 5.97 Å². The van der Waals surface area contributed by atoms with E-state index in [0.29, 0.717) is 19.0 Å². The molecule has 1 N–H and O–H groups in total. The lowest BCUT2D eigenvalue weighted by Crippen LogP contribution is -2.09. The molecule has 0 aliphatic carbocycles. The summed E-state index contributed by atoms with van der Waals surface area (Å²) in [6, 6.07) is 21.7. The molecule has 7 heteroatoms. The Hall–Kier alpha value is -2.65. The Morgan fingerprint density at radius 3 is 2.03 bits per heavy atom. The largest absolute Gasteiger partial charge is 0.493 e. The van der Waals surface area contributed by atoms with E-state index in [1.807, 2.05) is 62.4 Å². The Balaban J connectivity index is 1.91. The summed E-state index contributed by atoms with van der Waals surface area (Å²) >= 11 is 3.95. The summed E-state index contributed by atoms with van der Waals surface area (Å²) in [5.41, 5.74) is 3.09. The van der Waals surface area contributed by atoms with E-state index in [1.165, 1.54) is 0 Å². The molecular weight excluding hydrogens is 563 g/mol. The number of hydrogen-bond donors (Lipinski definition) is 1. The molecule has 0 aromatic heterocycles. The van der Waals surface area contributed by atoms with Crippen LogP contribution in [0.3, 0.4) is 0 Å². The summed E-state index contributed by atoms with van der Waals surface area (Å²) in [4.78, 5) is 11.8. The zero-order chi connectivity index (χ0) is 24.3. The van der Waals surface area contributed by atoms with Gasteiger partial charge in [0.25, 0.3) is 0 Å². The summed E-state index contributed by atoms with van der Waals surface area (Å²) in [5.74, 6) is 1.94. The molecule has 3 aromatic rings. The molecule has 0 atom stereocenters. The highest BCUT2D eigenvalue weighted by Crippen LogP contribution is 2.37. The molecular formula is C27H27IO5S. The standard InChI is InChI=1S/C27H27IO5S/c1-3-31-24-11-7-5-9-21(24)20(22-10-6-8-12-25(22)32-4-2)15-16-34-26-14-13-19(17-23(26)28)33-18-27(29)30/h5-15,17H,3-4,16,18H2,1-2H3,(H,29,30). The van der Waals surface area contributed by atoms with Crippen molar-refractivity contribution in [3.05, 3.63) is 87.5 Å². The monoisotopic (exact) mass is 590 g/mol. The fourth-order valence-electron chi connectivity index (χ4n) is 3.35. The van der Waals surface area contributed by atoms with Crippen LogP contribution >= 0.6 is 34.4 Å². The number of benzene rings is 3. The Morgan fingerprint density at radius 1 is 0.912 bits per heavy atom. The van der Waals surface area contributed by atoms with Crippen molar-refractivity contribution in [2.75, 3.05) is 25.6 Å². The first kappa shape index (κ1) is 26.0. The zero-order valence-electron chi connectivity index (χ0n) is 19.1. The molecule has 0 unspecified atom stereocenters. The molecule has 0 fully saturated rings. The second kappa shape index (κ2) is 13.3. The quantitative estimate of drug-likeness (QED) is 0.186. The summed E-state index contributed by atoms with van der Waals surface area (Å²) in [7, 11) is 0. The summed E-state index contributed by atoms with van der Waals surface area (Å²) in [6.45, 7) is 4.78. The number of rotatable bonds is 12. The molecule has 0 heterocycles. The minimum absolute atomic E-state index is 0.354. The van der Waals surface area contributed by atoms with Crippen molar-refractivity contribution in [3.8, 4) is 17.2 Å². The Kier molecular flexibility index (Phi) is 10.2. The Bertz CT molecular complexity index is 1090. The molecule has 0 aliphatic heterocycles. The van der Waals surface area contributed by atoms with Crippen molar-refractivity contribution in [1.29, 1.82) is 0 Å². The number of para-hydroxylation sites is 2. The average Bonchev–Trinajstić information content (AvgIpc) is 2.83. The fourth-order valence-corrected chi connectivity index (χ4v) is 5.10. The Labute approximate surface area is 218 Å². The van der Waals surface area contributed by atoms with Gasteiger partial charge in [0.05, 0.1) is 13.2 Å². The van der Waals surface area contributed by atoms with Crippen molar-refractivity contribution >= 4 is 45.9 Å². The smallest absolute Gasteiger partial charge is 0.341 e.